The molecule has 3 N–H and O–H groups in total. The molecule has 0 aliphatic carbocycles. The number of hydroxylamine groups is 1. The molecule has 0 saturated carbocycles. The van der Waals surface area contributed by atoms with Crippen molar-refractivity contribution in [2.45, 2.75) is 0 Å². The molecular weight excluding hydrogens is 312 g/mol. The van der Waals surface area contributed by atoms with Crippen molar-refractivity contribution in [3.8, 4) is 0 Å². The fourth-order valence-electron chi connectivity index (χ4n) is 0.898. The molecule has 0 aliphatic rings. The van der Waals surface area contributed by atoms with Gasteiger partial charge in [-0.3, -0.25) is 14.4 Å². The van der Waals surface area contributed by atoms with Crippen LogP contribution >= 0.6 is 15.9 Å². The number of halogens is 1. The minimum absolute atomic E-state index is 0.0427. The van der Waals surface area contributed by atoms with Crippen LogP contribution < -0.4 is 10.8 Å². The maximum Gasteiger partial charge on any atom is 0.332 e. The van der Waals surface area contributed by atoms with Gasteiger partial charge in [0.1, 0.15) is 0 Å². The second kappa shape index (κ2) is 6.77. The second-order valence-corrected chi connectivity index (χ2v) is 3.78. The van der Waals surface area contributed by atoms with Crippen LogP contribution in [0.1, 0.15) is 10.6 Å². The van der Waals surface area contributed by atoms with Gasteiger partial charge in [0.05, 0.1) is 6.54 Å². The van der Waals surface area contributed by atoms with Gasteiger partial charge in [0, 0.05) is 0 Å². The van der Waals surface area contributed by atoms with Crippen molar-refractivity contribution >= 4 is 33.7 Å². The molecule has 98 valence electrons. The zero-order chi connectivity index (χ0) is 13.5. The van der Waals surface area contributed by atoms with Gasteiger partial charge in [-0.25, -0.2) is 10.3 Å². The number of carbonyl (C=O) groups excluding carboxylic acids is 2. The van der Waals surface area contributed by atoms with E-state index in [0.29, 0.717) is 4.67 Å². The molecule has 1 aromatic heterocycles. The van der Waals surface area contributed by atoms with Crippen LogP contribution in [0.4, 0.5) is 0 Å². The summed E-state index contributed by atoms with van der Waals surface area (Å²) < 4.78 is 5.34. The predicted octanol–water partition coefficient (Wildman–Crippen LogP) is -0.0957. The van der Waals surface area contributed by atoms with E-state index in [1.54, 1.807) is 0 Å². The number of amides is 2. The molecule has 0 aliphatic heterocycles. The van der Waals surface area contributed by atoms with Crippen LogP contribution in [0.25, 0.3) is 0 Å². The summed E-state index contributed by atoms with van der Waals surface area (Å²) in [5.41, 5.74) is 1.85. The Morgan fingerprint density at radius 2 is 2.11 bits per heavy atom. The van der Waals surface area contributed by atoms with Gasteiger partial charge in [-0.2, -0.15) is 0 Å². The van der Waals surface area contributed by atoms with Gasteiger partial charge in [-0.05, 0) is 28.1 Å². The SMILES string of the molecule is O=C(O)CONC(=O)CNC(=O)c1ccc(Br)o1. The van der Waals surface area contributed by atoms with E-state index in [4.69, 9.17) is 9.52 Å². The summed E-state index contributed by atoms with van der Waals surface area (Å²) in [5, 5.41) is 10.5. The van der Waals surface area contributed by atoms with Gasteiger partial charge < -0.3 is 14.8 Å². The molecule has 1 rings (SSSR count). The molecule has 2 amide bonds. The Labute approximate surface area is 109 Å². The van der Waals surface area contributed by atoms with Crippen LogP contribution in [0.5, 0.6) is 0 Å². The molecule has 0 radical (unpaired) electrons. The molecule has 0 fully saturated rings. The van der Waals surface area contributed by atoms with Gasteiger partial charge in [-0.15, -0.1) is 0 Å². The molecular formula is C9H9BrN2O6. The third-order valence-corrected chi connectivity index (χ3v) is 2.01. The van der Waals surface area contributed by atoms with Gasteiger partial charge in [0.25, 0.3) is 11.8 Å². The average Bonchev–Trinajstić information content (AvgIpc) is 2.72. The Kier molecular flexibility index (Phi) is 5.33. The zero-order valence-corrected chi connectivity index (χ0v) is 10.5. The van der Waals surface area contributed by atoms with Crippen molar-refractivity contribution in [1.29, 1.82) is 0 Å². The summed E-state index contributed by atoms with van der Waals surface area (Å²) in [6.07, 6.45) is 0. The van der Waals surface area contributed by atoms with Crippen LogP contribution in [-0.2, 0) is 14.4 Å². The molecule has 9 heteroatoms. The number of aliphatic carboxylic acids is 1. The number of furan rings is 1. The molecule has 1 aromatic rings. The molecule has 0 unspecified atom stereocenters. The van der Waals surface area contributed by atoms with Gasteiger partial charge in [-0.1, -0.05) is 0 Å². The van der Waals surface area contributed by atoms with Crippen LogP contribution in [0.2, 0.25) is 0 Å². The van der Waals surface area contributed by atoms with Crippen molar-refractivity contribution in [3.63, 3.8) is 0 Å². The number of hydrogen-bond acceptors (Lipinski definition) is 5. The lowest BCUT2D eigenvalue weighted by Gasteiger charge is -2.04. The first-order valence-electron chi connectivity index (χ1n) is 4.65. The number of carboxylic acid groups (broad SMARTS) is 1. The average molecular weight is 321 g/mol. The van der Waals surface area contributed by atoms with Gasteiger partial charge in [0.15, 0.2) is 17.0 Å². The molecule has 1 heterocycles. The highest BCUT2D eigenvalue weighted by Gasteiger charge is 2.11. The normalized spacial score (nSPS) is 9.83. The molecule has 8 nitrogen and oxygen atoms in total. The lowest BCUT2D eigenvalue weighted by Crippen LogP contribution is -2.37. The third-order valence-electron chi connectivity index (χ3n) is 1.59. The van der Waals surface area contributed by atoms with Crippen LogP contribution in [0.15, 0.2) is 21.2 Å². The maximum absolute atomic E-state index is 11.4. The standard InChI is InChI=1S/C9H9BrN2O6/c10-6-2-1-5(18-6)9(16)11-3-7(13)12-17-4-8(14)15/h1-2H,3-4H2,(H,11,16)(H,12,13)(H,14,15). The second-order valence-electron chi connectivity index (χ2n) is 2.99. The maximum atomic E-state index is 11.4. The van der Waals surface area contributed by atoms with E-state index in [0.717, 1.165) is 0 Å². The largest absolute Gasteiger partial charge is 0.479 e. The van der Waals surface area contributed by atoms with Crippen molar-refractivity contribution in [3.05, 3.63) is 22.6 Å². The van der Waals surface area contributed by atoms with Crippen LogP contribution in [-0.4, -0.2) is 36.0 Å². The molecule has 0 spiro atoms. The van der Waals surface area contributed by atoms with Gasteiger partial charge in [0.2, 0.25) is 0 Å². The Bertz CT molecular complexity index is 458. The predicted molar refractivity (Wildman–Crippen MR) is 60.5 cm³/mol. The van der Waals surface area contributed by atoms with Crippen molar-refractivity contribution in [2.75, 3.05) is 13.2 Å². The Morgan fingerprint density at radius 3 is 2.67 bits per heavy atom. The molecule has 18 heavy (non-hydrogen) atoms. The number of carboxylic acids is 1. The summed E-state index contributed by atoms with van der Waals surface area (Å²) in [4.78, 5) is 36.9. The van der Waals surface area contributed by atoms with E-state index in [1.165, 1.54) is 12.1 Å². The summed E-state index contributed by atoms with van der Waals surface area (Å²) >= 11 is 3.03. The zero-order valence-electron chi connectivity index (χ0n) is 8.94. The first-order valence-corrected chi connectivity index (χ1v) is 5.44. The Hall–Kier alpha value is -1.87. The first kappa shape index (κ1) is 14.2. The van der Waals surface area contributed by atoms with E-state index >= 15 is 0 Å². The van der Waals surface area contributed by atoms with Crippen molar-refractivity contribution < 1.29 is 28.7 Å². The minimum Gasteiger partial charge on any atom is -0.479 e. The van der Waals surface area contributed by atoms with E-state index in [2.05, 4.69) is 26.1 Å². The number of carbonyl (C=O) groups is 3. The molecule has 0 atom stereocenters. The summed E-state index contributed by atoms with van der Waals surface area (Å²) in [5.74, 6) is -2.44. The van der Waals surface area contributed by atoms with E-state index in [1.807, 2.05) is 5.48 Å². The van der Waals surface area contributed by atoms with Crippen molar-refractivity contribution in [2.24, 2.45) is 0 Å². The number of nitrogens with one attached hydrogen (secondary N) is 2. The monoisotopic (exact) mass is 320 g/mol. The summed E-state index contributed by atoms with van der Waals surface area (Å²) in [6, 6.07) is 2.96. The summed E-state index contributed by atoms with van der Waals surface area (Å²) in [6.45, 7) is -1.03. The van der Waals surface area contributed by atoms with E-state index in [9.17, 15) is 14.4 Å². The fourth-order valence-corrected chi connectivity index (χ4v) is 1.20. The van der Waals surface area contributed by atoms with Crippen molar-refractivity contribution in [1.82, 2.24) is 10.8 Å². The molecule has 0 bridgehead atoms. The highest BCUT2D eigenvalue weighted by molar-refractivity contribution is 9.10. The highest BCUT2D eigenvalue weighted by Crippen LogP contribution is 2.13. The van der Waals surface area contributed by atoms with E-state index in [-0.39, 0.29) is 12.3 Å². The molecule has 0 aromatic carbocycles. The fraction of sp³-hybridized carbons (Fsp3) is 0.222. The number of hydrogen-bond donors (Lipinski definition) is 3. The topological polar surface area (TPSA) is 118 Å². The van der Waals surface area contributed by atoms with Crippen LogP contribution in [0, 0.1) is 0 Å². The lowest BCUT2D eigenvalue weighted by molar-refractivity contribution is -0.148. The quantitative estimate of drug-likeness (QED) is 0.630. The van der Waals surface area contributed by atoms with Gasteiger partial charge >= 0.3 is 5.97 Å². The lowest BCUT2D eigenvalue weighted by atomic mass is 10.4. The third kappa shape index (κ3) is 4.97. The Morgan fingerprint density at radius 1 is 1.39 bits per heavy atom. The van der Waals surface area contributed by atoms with E-state index < -0.39 is 24.4 Å². The smallest absolute Gasteiger partial charge is 0.332 e. The highest BCUT2D eigenvalue weighted by atomic mass is 79.9. The first-order chi connectivity index (χ1) is 8.49. The van der Waals surface area contributed by atoms with Crippen LogP contribution in [0.3, 0.4) is 0 Å². The number of rotatable bonds is 6. The Balaban J connectivity index is 2.26. The summed E-state index contributed by atoms with van der Waals surface area (Å²) in [7, 11) is 0. The minimum atomic E-state index is -1.22. The molecule has 0 saturated heterocycles.